The molecule has 1 saturated carbocycles. The van der Waals surface area contributed by atoms with Crippen molar-refractivity contribution in [1.82, 2.24) is 5.32 Å². The van der Waals surface area contributed by atoms with E-state index in [9.17, 15) is 4.79 Å². The van der Waals surface area contributed by atoms with Gasteiger partial charge in [-0.25, -0.2) is 0 Å². The summed E-state index contributed by atoms with van der Waals surface area (Å²) in [5.74, 6) is 0.881. The van der Waals surface area contributed by atoms with Crippen molar-refractivity contribution in [3.63, 3.8) is 0 Å². The Hall–Kier alpha value is -1.26. The van der Waals surface area contributed by atoms with Crippen LogP contribution in [0.3, 0.4) is 0 Å². The first-order valence-corrected chi connectivity index (χ1v) is 7.33. The predicted molar refractivity (Wildman–Crippen MR) is 75.9 cm³/mol. The third-order valence-corrected chi connectivity index (χ3v) is 4.09. The average molecular weight is 269 g/mol. The number of carbonyl (C=O) groups excluding carboxylic acids is 1. The van der Waals surface area contributed by atoms with Crippen molar-refractivity contribution < 1.29 is 10.0 Å². The topological polar surface area (TPSA) is 87.7 Å². The van der Waals surface area contributed by atoms with Gasteiger partial charge in [-0.3, -0.25) is 4.79 Å². The number of nitrogens with zero attached hydrogens (tertiary/aromatic N) is 1. The van der Waals surface area contributed by atoms with Gasteiger partial charge in [0.25, 0.3) is 0 Å². The highest BCUT2D eigenvalue weighted by Crippen LogP contribution is 2.30. The van der Waals surface area contributed by atoms with E-state index in [0.29, 0.717) is 13.0 Å². The third-order valence-electron chi connectivity index (χ3n) is 4.09. The summed E-state index contributed by atoms with van der Waals surface area (Å²) in [5, 5.41) is 14.4. The van der Waals surface area contributed by atoms with Gasteiger partial charge in [-0.15, -0.1) is 0 Å². The van der Waals surface area contributed by atoms with Crippen LogP contribution in [0.1, 0.15) is 52.4 Å². The summed E-state index contributed by atoms with van der Waals surface area (Å²) in [6.45, 7) is 4.84. The van der Waals surface area contributed by atoms with Crippen molar-refractivity contribution in [2.45, 2.75) is 52.4 Å². The zero-order valence-electron chi connectivity index (χ0n) is 12.1. The van der Waals surface area contributed by atoms with Gasteiger partial charge in [0.1, 0.15) is 0 Å². The van der Waals surface area contributed by atoms with Gasteiger partial charge in [0, 0.05) is 6.54 Å². The minimum Gasteiger partial charge on any atom is -0.409 e. The van der Waals surface area contributed by atoms with E-state index in [1.165, 1.54) is 25.7 Å². The first-order valence-electron chi connectivity index (χ1n) is 7.33. The molecule has 3 unspecified atom stereocenters. The number of amidine groups is 1. The Bertz CT molecular complexity index is 318. The Kier molecular flexibility index (Phi) is 6.67. The van der Waals surface area contributed by atoms with Crippen molar-refractivity contribution in [3.8, 4) is 0 Å². The van der Waals surface area contributed by atoms with E-state index in [-0.39, 0.29) is 11.7 Å². The molecule has 110 valence electrons. The molecule has 1 aliphatic rings. The molecule has 0 saturated heterocycles. The summed E-state index contributed by atoms with van der Waals surface area (Å²) >= 11 is 0. The molecule has 0 aliphatic heterocycles. The molecule has 0 heterocycles. The molecule has 0 radical (unpaired) electrons. The van der Waals surface area contributed by atoms with Gasteiger partial charge in [0.2, 0.25) is 5.91 Å². The molecular weight excluding hydrogens is 242 g/mol. The lowest BCUT2D eigenvalue weighted by Gasteiger charge is -2.26. The molecule has 0 aromatic carbocycles. The van der Waals surface area contributed by atoms with Crippen LogP contribution in [0.25, 0.3) is 0 Å². The van der Waals surface area contributed by atoms with Crippen LogP contribution < -0.4 is 11.1 Å². The van der Waals surface area contributed by atoms with Crippen LogP contribution >= 0.6 is 0 Å². The maximum absolute atomic E-state index is 11.9. The molecule has 0 bridgehead atoms. The van der Waals surface area contributed by atoms with Crippen LogP contribution in [0.15, 0.2) is 5.16 Å². The van der Waals surface area contributed by atoms with Gasteiger partial charge < -0.3 is 16.3 Å². The maximum atomic E-state index is 11.9. The number of oxime groups is 1. The summed E-state index contributed by atoms with van der Waals surface area (Å²) < 4.78 is 0. The van der Waals surface area contributed by atoms with Crippen molar-refractivity contribution in [2.75, 3.05) is 6.54 Å². The summed E-state index contributed by atoms with van der Waals surface area (Å²) in [6.07, 6.45) is 6.77. The Morgan fingerprint density at radius 1 is 1.53 bits per heavy atom. The van der Waals surface area contributed by atoms with Crippen LogP contribution in [0.2, 0.25) is 0 Å². The molecule has 1 aliphatic carbocycles. The third kappa shape index (κ3) is 5.09. The maximum Gasteiger partial charge on any atom is 0.230 e. The van der Waals surface area contributed by atoms with E-state index in [1.54, 1.807) is 0 Å². The molecule has 19 heavy (non-hydrogen) atoms. The van der Waals surface area contributed by atoms with E-state index in [0.717, 1.165) is 18.3 Å². The Morgan fingerprint density at radius 3 is 2.84 bits per heavy atom. The van der Waals surface area contributed by atoms with E-state index in [4.69, 9.17) is 10.9 Å². The summed E-state index contributed by atoms with van der Waals surface area (Å²) in [7, 11) is 0. The molecular formula is C14H27N3O2. The molecule has 3 atom stereocenters. The van der Waals surface area contributed by atoms with Crippen molar-refractivity contribution >= 4 is 11.7 Å². The number of hydrogen-bond donors (Lipinski definition) is 3. The second kappa shape index (κ2) is 8.02. The number of nitrogens with two attached hydrogens (primary N) is 1. The fraction of sp³-hybridized carbons (Fsp3) is 0.857. The minimum atomic E-state index is -0.518. The second-order valence-electron chi connectivity index (χ2n) is 5.70. The van der Waals surface area contributed by atoms with E-state index in [1.807, 2.05) is 6.92 Å². The lowest BCUT2D eigenvalue weighted by atomic mass is 9.81. The predicted octanol–water partition coefficient (Wildman–Crippen LogP) is 2.09. The zero-order chi connectivity index (χ0) is 14.3. The first kappa shape index (κ1) is 15.8. The summed E-state index contributed by atoms with van der Waals surface area (Å²) in [5.41, 5.74) is 5.50. The van der Waals surface area contributed by atoms with Crippen molar-refractivity contribution in [1.29, 1.82) is 0 Å². The van der Waals surface area contributed by atoms with Crippen LogP contribution in [0, 0.1) is 17.8 Å². The van der Waals surface area contributed by atoms with Gasteiger partial charge >= 0.3 is 0 Å². The van der Waals surface area contributed by atoms with Crippen LogP contribution in [0.4, 0.5) is 0 Å². The summed E-state index contributed by atoms with van der Waals surface area (Å²) in [6, 6.07) is 0. The number of amides is 1. The SMILES string of the molecule is CCC(C(=O)NCCC1CCCC(C)C1)C(N)=NO. The molecule has 4 N–H and O–H groups in total. The number of hydrogen-bond acceptors (Lipinski definition) is 3. The summed E-state index contributed by atoms with van der Waals surface area (Å²) in [4.78, 5) is 11.9. The van der Waals surface area contributed by atoms with E-state index in [2.05, 4.69) is 17.4 Å². The van der Waals surface area contributed by atoms with Crippen LogP contribution in [-0.2, 0) is 4.79 Å². The van der Waals surface area contributed by atoms with Gasteiger partial charge in [0.05, 0.1) is 5.92 Å². The molecule has 1 rings (SSSR count). The monoisotopic (exact) mass is 269 g/mol. The van der Waals surface area contributed by atoms with Crippen molar-refractivity contribution in [3.05, 3.63) is 0 Å². The number of nitrogens with one attached hydrogen (secondary N) is 1. The van der Waals surface area contributed by atoms with Crippen LogP contribution in [-0.4, -0.2) is 23.5 Å². The molecule has 1 fully saturated rings. The quantitative estimate of drug-likeness (QED) is 0.298. The smallest absolute Gasteiger partial charge is 0.230 e. The molecule has 0 aromatic heterocycles. The van der Waals surface area contributed by atoms with Gasteiger partial charge in [0.15, 0.2) is 5.84 Å². The number of carbonyl (C=O) groups is 1. The lowest BCUT2D eigenvalue weighted by molar-refractivity contribution is -0.123. The first-order chi connectivity index (χ1) is 9.08. The molecule has 5 heteroatoms. The largest absolute Gasteiger partial charge is 0.409 e. The van der Waals surface area contributed by atoms with E-state index < -0.39 is 5.92 Å². The minimum absolute atomic E-state index is 0.00807. The molecule has 0 spiro atoms. The Morgan fingerprint density at radius 2 is 2.26 bits per heavy atom. The van der Waals surface area contributed by atoms with Crippen LogP contribution in [0.5, 0.6) is 0 Å². The highest BCUT2D eigenvalue weighted by molar-refractivity contribution is 6.01. The fourth-order valence-electron chi connectivity index (χ4n) is 2.94. The zero-order valence-corrected chi connectivity index (χ0v) is 12.1. The normalized spacial score (nSPS) is 25.9. The standard InChI is InChI=1S/C14H27N3O2/c1-3-12(13(15)17-19)14(18)16-8-7-11-6-4-5-10(2)9-11/h10-12,19H,3-9H2,1-2H3,(H2,15,17)(H,16,18). The Balaban J connectivity index is 2.29. The average Bonchev–Trinajstić information content (AvgIpc) is 2.39. The van der Waals surface area contributed by atoms with Gasteiger partial charge in [-0.2, -0.15) is 0 Å². The fourth-order valence-corrected chi connectivity index (χ4v) is 2.94. The van der Waals surface area contributed by atoms with Crippen molar-refractivity contribution in [2.24, 2.45) is 28.6 Å². The lowest BCUT2D eigenvalue weighted by Crippen LogP contribution is -2.39. The highest BCUT2D eigenvalue weighted by atomic mass is 16.4. The van der Waals surface area contributed by atoms with E-state index >= 15 is 0 Å². The second-order valence-corrected chi connectivity index (χ2v) is 5.70. The Labute approximate surface area is 115 Å². The molecule has 1 amide bonds. The van der Waals surface area contributed by atoms with Gasteiger partial charge in [-0.1, -0.05) is 38.3 Å². The molecule has 5 nitrogen and oxygen atoms in total. The highest BCUT2D eigenvalue weighted by Gasteiger charge is 2.22. The number of rotatable bonds is 6. The van der Waals surface area contributed by atoms with Gasteiger partial charge in [-0.05, 0) is 31.1 Å². The molecule has 0 aromatic rings.